The lowest BCUT2D eigenvalue weighted by Crippen LogP contribution is -2.49. The van der Waals surface area contributed by atoms with Gasteiger partial charge in [0.2, 0.25) is 0 Å². The highest BCUT2D eigenvalue weighted by Crippen LogP contribution is 2.27. The van der Waals surface area contributed by atoms with E-state index in [0.29, 0.717) is 35.1 Å². The number of nitrogens with zero attached hydrogens (tertiary/aromatic N) is 2. The van der Waals surface area contributed by atoms with Gasteiger partial charge in [-0.25, -0.2) is 18.3 Å². The van der Waals surface area contributed by atoms with Gasteiger partial charge in [-0.3, -0.25) is 14.8 Å². The minimum absolute atomic E-state index is 0.0660. The summed E-state index contributed by atoms with van der Waals surface area (Å²) in [7, 11) is -0.253. The van der Waals surface area contributed by atoms with Crippen LogP contribution in [0.2, 0.25) is 0 Å². The lowest BCUT2D eigenvalue weighted by atomic mass is 10.00. The third-order valence-corrected chi connectivity index (χ3v) is 8.92. The molecule has 2 N–H and O–H groups in total. The van der Waals surface area contributed by atoms with Gasteiger partial charge in [0.15, 0.2) is 14.6 Å². The van der Waals surface area contributed by atoms with Crippen LogP contribution in [-0.4, -0.2) is 67.3 Å². The van der Waals surface area contributed by atoms with Gasteiger partial charge in [0.25, 0.3) is 11.5 Å². The number of methoxy groups -OCH3 is 1. The predicted molar refractivity (Wildman–Crippen MR) is 144 cm³/mol. The van der Waals surface area contributed by atoms with Crippen molar-refractivity contribution in [3.05, 3.63) is 70.4 Å². The van der Waals surface area contributed by atoms with E-state index in [4.69, 9.17) is 9.94 Å². The summed E-state index contributed by atoms with van der Waals surface area (Å²) in [5.74, 6) is -1.42. The summed E-state index contributed by atoms with van der Waals surface area (Å²) < 4.78 is 43.9. The number of aryl methyl sites for hydroxylation is 1. The van der Waals surface area contributed by atoms with Crippen LogP contribution in [0.3, 0.4) is 0 Å². The van der Waals surface area contributed by atoms with Crippen molar-refractivity contribution in [2.24, 2.45) is 0 Å². The van der Waals surface area contributed by atoms with E-state index in [-0.39, 0.29) is 24.3 Å². The van der Waals surface area contributed by atoms with Crippen LogP contribution in [0.25, 0.3) is 21.9 Å². The number of aromatic nitrogens is 1. The zero-order valence-electron chi connectivity index (χ0n) is 22.0. The van der Waals surface area contributed by atoms with E-state index in [1.165, 1.54) is 29.2 Å². The van der Waals surface area contributed by atoms with Crippen molar-refractivity contribution in [2.75, 3.05) is 33.6 Å². The fourth-order valence-electron chi connectivity index (χ4n) is 4.31. The molecule has 1 atom stereocenters. The van der Waals surface area contributed by atoms with Crippen LogP contribution < -0.4 is 11.0 Å². The minimum atomic E-state index is -3.89. The zero-order chi connectivity index (χ0) is 28.1. The maximum atomic E-state index is 15.0. The van der Waals surface area contributed by atoms with Crippen molar-refractivity contribution < 1.29 is 27.5 Å². The van der Waals surface area contributed by atoms with Crippen LogP contribution in [0.5, 0.6) is 0 Å². The van der Waals surface area contributed by atoms with Gasteiger partial charge in [0.1, 0.15) is 5.82 Å². The molecule has 3 aromatic rings. The molecule has 0 unspecified atom stereocenters. The number of hydrogen-bond acceptors (Lipinski definition) is 7. The van der Waals surface area contributed by atoms with Gasteiger partial charge < -0.3 is 14.2 Å². The number of fused-ring (bicyclic) bond motifs is 1. The molecule has 1 heterocycles. The lowest BCUT2D eigenvalue weighted by Gasteiger charge is -2.25. The average Bonchev–Trinajstić information content (AvgIpc) is 2.87. The number of sulfone groups is 1. The average molecular weight is 548 g/mol. The fraction of sp³-hybridized carbons (Fsp3) is 0.407. The van der Waals surface area contributed by atoms with Crippen LogP contribution in [0.4, 0.5) is 4.39 Å². The molecule has 0 saturated heterocycles. The highest BCUT2D eigenvalue weighted by molar-refractivity contribution is 7.92. The van der Waals surface area contributed by atoms with E-state index in [0.717, 1.165) is 24.8 Å². The number of nitrogens with one attached hydrogen (secondary N) is 1. The first kappa shape index (κ1) is 29.4. The fourth-order valence-corrected chi connectivity index (χ4v) is 5.16. The summed E-state index contributed by atoms with van der Waals surface area (Å²) in [5, 5.41) is 9.97. The number of rotatable bonds is 12. The second-order valence-corrected chi connectivity index (χ2v) is 12.2. The van der Waals surface area contributed by atoms with Crippen LogP contribution in [0, 0.1) is 5.82 Å². The highest BCUT2D eigenvalue weighted by atomic mass is 32.2. The SMILES string of the molecule is COCCCN(C)Cc1ccc(-c2ccc3c(=O)n(CC[C@@](C)(C(=O)NO)S(C)(=O)=O)ccc3c2)c(F)c1. The van der Waals surface area contributed by atoms with E-state index in [1.54, 1.807) is 37.4 Å². The smallest absolute Gasteiger partial charge is 0.264 e. The Hall–Kier alpha value is -3.12. The second kappa shape index (κ2) is 12.2. The van der Waals surface area contributed by atoms with E-state index < -0.39 is 20.5 Å². The maximum Gasteiger partial charge on any atom is 0.264 e. The molecule has 0 fully saturated rings. The number of hydrogen-bond donors (Lipinski definition) is 2. The first-order valence-electron chi connectivity index (χ1n) is 12.1. The molecule has 1 amide bonds. The Morgan fingerprint density at radius 3 is 2.58 bits per heavy atom. The summed E-state index contributed by atoms with van der Waals surface area (Å²) >= 11 is 0. The first-order valence-corrected chi connectivity index (χ1v) is 14.0. The molecule has 0 aliphatic carbocycles. The molecule has 1 aromatic heterocycles. The van der Waals surface area contributed by atoms with E-state index >= 15 is 4.39 Å². The summed E-state index contributed by atoms with van der Waals surface area (Å²) in [6, 6.07) is 11.8. The summed E-state index contributed by atoms with van der Waals surface area (Å²) in [5.41, 5.74) is 2.92. The zero-order valence-corrected chi connectivity index (χ0v) is 22.8. The van der Waals surface area contributed by atoms with Gasteiger partial charge in [-0.1, -0.05) is 18.2 Å². The number of benzene rings is 2. The Morgan fingerprint density at radius 1 is 1.21 bits per heavy atom. The monoisotopic (exact) mass is 547 g/mol. The van der Waals surface area contributed by atoms with E-state index in [9.17, 15) is 18.0 Å². The van der Waals surface area contributed by atoms with Crippen molar-refractivity contribution in [3.8, 4) is 11.1 Å². The van der Waals surface area contributed by atoms with Crippen LogP contribution >= 0.6 is 0 Å². The maximum absolute atomic E-state index is 15.0. The van der Waals surface area contributed by atoms with Crippen molar-refractivity contribution in [1.82, 2.24) is 14.9 Å². The van der Waals surface area contributed by atoms with Gasteiger partial charge in [0, 0.05) is 56.8 Å². The van der Waals surface area contributed by atoms with Gasteiger partial charge in [-0.2, -0.15) is 0 Å². The number of pyridine rings is 1. The Bertz CT molecular complexity index is 1470. The molecule has 38 heavy (non-hydrogen) atoms. The number of halogens is 1. The number of ether oxygens (including phenoxy) is 1. The summed E-state index contributed by atoms with van der Waals surface area (Å²) in [4.78, 5) is 27.2. The molecular weight excluding hydrogens is 513 g/mol. The van der Waals surface area contributed by atoms with Gasteiger partial charge in [-0.05, 0) is 67.6 Å². The largest absolute Gasteiger partial charge is 0.385 e. The molecule has 2 aromatic carbocycles. The van der Waals surface area contributed by atoms with Crippen LogP contribution in [0.15, 0.2) is 53.5 Å². The molecule has 0 bridgehead atoms. The number of carbonyl (C=O) groups excluding carboxylic acids is 1. The molecule has 3 rings (SSSR count). The lowest BCUT2D eigenvalue weighted by molar-refractivity contribution is -0.131. The van der Waals surface area contributed by atoms with Crippen molar-refractivity contribution in [2.45, 2.75) is 37.6 Å². The quantitative estimate of drug-likeness (QED) is 0.203. The summed E-state index contributed by atoms with van der Waals surface area (Å²) in [6.45, 7) is 3.25. The topological polar surface area (TPSA) is 118 Å². The Kier molecular flexibility index (Phi) is 9.42. The molecule has 0 spiro atoms. The molecule has 11 heteroatoms. The van der Waals surface area contributed by atoms with Gasteiger partial charge in [-0.15, -0.1) is 0 Å². The molecule has 206 valence electrons. The van der Waals surface area contributed by atoms with Crippen molar-refractivity contribution in [1.29, 1.82) is 0 Å². The molecule has 9 nitrogen and oxygen atoms in total. The van der Waals surface area contributed by atoms with Crippen molar-refractivity contribution in [3.63, 3.8) is 0 Å². The van der Waals surface area contributed by atoms with Gasteiger partial charge >= 0.3 is 0 Å². The highest BCUT2D eigenvalue weighted by Gasteiger charge is 2.43. The minimum Gasteiger partial charge on any atom is -0.385 e. The Morgan fingerprint density at radius 2 is 1.95 bits per heavy atom. The molecule has 0 saturated carbocycles. The van der Waals surface area contributed by atoms with Crippen molar-refractivity contribution >= 4 is 26.5 Å². The molecule has 0 radical (unpaired) electrons. The van der Waals surface area contributed by atoms with E-state index in [2.05, 4.69) is 4.90 Å². The first-order chi connectivity index (χ1) is 17.9. The third-order valence-electron chi connectivity index (χ3n) is 6.89. The standard InChI is InChI=1S/C27H34FN3O6S/c1-27(26(33)29-34,38(4,35)36)11-14-31-13-10-21-17-20(7-9-23(21)25(31)32)22-8-6-19(16-24(22)28)18-30(2)12-5-15-37-3/h6-10,13,16-17,34H,5,11-12,14-15,18H2,1-4H3,(H,29,33)/t27-/m0/s1. The number of carbonyl (C=O) groups is 1. The van der Waals surface area contributed by atoms with Crippen LogP contribution in [0.1, 0.15) is 25.3 Å². The Balaban J connectivity index is 1.82. The number of amides is 1. The summed E-state index contributed by atoms with van der Waals surface area (Å²) in [6.07, 6.45) is 3.08. The predicted octanol–water partition coefficient (Wildman–Crippen LogP) is 2.97. The van der Waals surface area contributed by atoms with E-state index in [1.807, 2.05) is 13.1 Å². The van der Waals surface area contributed by atoms with Gasteiger partial charge in [0.05, 0.1) is 0 Å². The molecule has 0 aliphatic heterocycles. The second-order valence-electron chi connectivity index (χ2n) is 9.71. The Labute approximate surface area is 221 Å². The van der Waals surface area contributed by atoms with Crippen LogP contribution in [-0.2, 0) is 32.5 Å². The molecular formula is C27H34FN3O6S. The number of hydroxylamine groups is 1. The third kappa shape index (κ3) is 6.47. The normalized spacial score (nSPS) is 13.6. The molecule has 0 aliphatic rings.